The first-order chi connectivity index (χ1) is 7.13. The summed E-state index contributed by atoms with van der Waals surface area (Å²) in [6.07, 6.45) is 6.65. The molecule has 1 aliphatic rings. The normalized spacial score (nSPS) is 26.7. The molecule has 0 aromatic heterocycles. The number of hydrogen-bond donors (Lipinski definition) is 0. The van der Waals surface area contributed by atoms with Crippen LogP contribution in [0.5, 0.6) is 0 Å². The highest BCUT2D eigenvalue weighted by atomic mass is 16.1. The van der Waals surface area contributed by atoms with E-state index in [4.69, 9.17) is 0 Å². The first kappa shape index (κ1) is 12.4. The minimum absolute atomic E-state index is 0.180. The molecule has 0 aromatic carbocycles. The Bertz CT molecular complexity index is 233. The van der Waals surface area contributed by atoms with Gasteiger partial charge in [0.2, 0.25) is 0 Å². The quantitative estimate of drug-likeness (QED) is 0.698. The predicted molar refractivity (Wildman–Crippen MR) is 60.7 cm³/mol. The van der Waals surface area contributed by atoms with Crippen LogP contribution in [0.1, 0.15) is 58.8 Å². The molecule has 1 aliphatic carbocycles. The van der Waals surface area contributed by atoms with E-state index >= 15 is 0 Å². The lowest BCUT2D eigenvalue weighted by Gasteiger charge is -2.27. The molecule has 2 heteroatoms. The summed E-state index contributed by atoms with van der Waals surface area (Å²) in [5.41, 5.74) is 0. The van der Waals surface area contributed by atoms with Gasteiger partial charge in [-0.25, -0.2) is 0 Å². The molecule has 15 heavy (non-hydrogen) atoms. The molecule has 0 N–H and O–H groups in total. The summed E-state index contributed by atoms with van der Waals surface area (Å²) >= 11 is 0. The van der Waals surface area contributed by atoms with Crippen molar-refractivity contribution in [2.24, 2.45) is 11.8 Å². The standard InChI is InChI=1S/C13H22O2/c1-3-4-11-6-8-13(15)12(9-11)7-5-10(2)14/h11-12H,3-9H2,1-2H3. The van der Waals surface area contributed by atoms with Crippen LogP contribution in [0.2, 0.25) is 0 Å². The molecule has 1 fully saturated rings. The van der Waals surface area contributed by atoms with Gasteiger partial charge in [-0.3, -0.25) is 4.79 Å². The van der Waals surface area contributed by atoms with E-state index in [0.717, 1.165) is 31.6 Å². The van der Waals surface area contributed by atoms with Crippen LogP contribution in [0.3, 0.4) is 0 Å². The van der Waals surface area contributed by atoms with Crippen molar-refractivity contribution >= 4 is 11.6 Å². The number of hydrogen-bond acceptors (Lipinski definition) is 2. The van der Waals surface area contributed by atoms with E-state index in [-0.39, 0.29) is 11.7 Å². The van der Waals surface area contributed by atoms with Crippen LogP contribution in [0, 0.1) is 11.8 Å². The Labute approximate surface area is 92.4 Å². The highest BCUT2D eigenvalue weighted by Crippen LogP contribution is 2.32. The zero-order valence-corrected chi connectivity index (χ0v) is 9.92. The third-order valence-corrected chi connectivity index (χ3v) is 3.41. The fraction of sp³-hybridized carbons (Fsp3) is 0.846. The van der Waals surface area contributed by atoms with Crippen LogP contribution < -0.4 is 0 Å². The lowest BCUT2D eigenvalue weighted by molar-refractivity contribution is -0.126. The smallest absolute Gasteiger partial charge is 0.136 e. The monoisotopic (exact) mass is 210 g/mol. The summed E-state index contributed by atoms with van der Waals surface area (Å²) in [5, 5.41) is 0. The second-order valence-electron chi connectivity index (χ2n) is 4.83. The molecule has 2 nitrogen and oxygen atoms in total. The van der Waals surface area contributed by atoms with Gasteiger partial charge in [-0.2, -0.15) is 0 Å². The van der Waals surface area contributed by atoms with E-state index in [1.807, 2.05) is 0 Å². The Balaban J connectivity index is 2.39. The minimum Gasteiger partial charge on any atom is -0.300 e. The van der Waals surface area contributed by atoms with E-state index in [2.05, 4.69) is 6.92 Å². The molecule has 0 spiro atoms. The molecule has 0 saturated heterocycles. The second kappa shape index (κ2) is 6.04. The highest BCUT2D eigenvalue weighted by Gasteiger charge is 2.27. The molecule has 1 saturated carbocycles. The van der Waals surface area contributed by atoms with Crippen LogP contribution in [0.25, 0.3) is 0 Å². The van der Waals surface area contributed by atoms with Crippen LogP contribution in [0.15, 0.2) is 0 Å². The average Bonchev–Trinajstić information content (AvgIpc) is 2.19. The Morgan fingerprint density at radius 3 is 2.73 bits per heavy atom. The molecule has 0 bridgehead atoms. The molecule has 0 heterocycles. The molecular formula is C13H22O2. The molecule has 0 radical (unpaired) electrons. The van der Waals surface area contributed by atoms with E-state index < -0.39 is 0 Å². The number of carbonyl (C=O) groups excluding carboxylic acids is 2. The average molecular weight is 210 g/mol. The van der Waals surface area contributed by atoms with Crippen LogP contribution in [-0.4, -0.2) is 11.6 Å². The molecule has 1 rings (SSSR count). The second-order valence-corrected chi connectivity index (χ2v) is 4.83. The van der Waals surface area contributed by atoms with Gasteiger partial charge in [0.15, 0.2) is 0 Å². The summed E-state index contributed by atoms with van der Waals surface area (Å²) < 4.78 is 0. The molecule has 2 unspecified atom stereocenters. The van der Waals surface area contributed by atoms with E-state index in [1.165, 1.54) is 12.8 Å². The fourth-order valence-electron chi connectivity index (χ4n) is 2.53. The van der Waals surface area contributed by atoms with E-state index in [0.29, 0.717) is 12.2 Å². The van der Waals surface area contributed by atoms with Gasteiger partial charge >= 0.3 is 0 Å². The first-order valence-corrected chi connectivity index (χ1v) is 6.15. The van der Waals surface area contributed by atoms with Crippen molar-refractivity contribution in [1.29, 1.82) is 0 Å². The Morgan fingerprint density at radius 1 is 1.40 bits per heavy atom. The maximum absolute atomic E-state index is 11.6. The number of Topliss-reactive ketones (excluding diaryl/α,β-unsaturated/α-hetero) is 2. The van der Waals surface area contributed by atoms with Gasteiger partial charge < -0.3 is 4.79 Å². The maximum atomic E-state index is 11.6. The van der Waals surface area contributed by atoms with Gasteiger partial charge in [-0.1, -0.05) is 19.8 Å². The van der Waals surface area contributed by atoms with E-state index in [9.17, 15) is 9.59 Å². The Morgan fingerprint density at radius 2 is 2.13 bits per heavy atom. The van der Waals surface area contributed by atoms with Crippen molar-refractivity contribution in [3.05, 3.63) is 0 Å². The number of rotatable bonds is 5. The lowest BCUT2D eigenvalue weighted by atomic mass is 9.76. The zero-order valence-electron chi connectivity index (χ0n) is 9.92. The van der Waals surface area contributed by atoms with Gasteiger partial charge in [0.1, 0.15) is 11.6 Å². The summed E-state index contributed by atoms with van der Waals surface area (Å²) in [7, 11) is 0. The SMILES string of the molecule is CCCC1CCC(=O)C(CCC(C)=O)C1. The van der Waals surface area contributed by atoms with E-state index in [1.54, 1.807) is 6.92 Å². The van der Waals surface area contributed by atoms with Crippen molar-refractivity contribution in [1.82, 2.24) is 0 Å². The molecule has 0 amide bonds. The molecule has 2 atom stereocenters. The van der Waals surface area contributed by atoms with Gasteiger partial charge in [0.05, 0.1) is 0 Å². The molecule has 0 aliphatic heterocycles. The van der Waals surface area contributed by atoms with Gasteiger partial charge in [-0.05, 0) is 32.1 Å². The van der Waals surface area contributed by atoms with Crippen LogP contribution in [0.4, 0.5) is 0 Å². The third kappa shape index (κ3) is 4.15. The summed E-state index contributed by atoms with van der Waals surface area (Å²) in [5.74, 6) is 1.51. The van der Waals surface area contributed by atoms with Crippen molar-refractivity contribution in [2.75, 3.05) is 0 Å². The van der Waals surface area contributed by atoms with Gasteiger partial charge in [0, 0.05) is 18.8 Å². The third-order valence-electron chi connectivity index (χ3n) is 3.41. The largest absolute Gasteiger partial charge is 0.300 e. The minimum atomic E-state index is 0.180. The Hall–Kier alpha value is -0.660. The highest BCUT2D eigenvalue weighted by molar-refractivity contribution is 5.82. The maximum Gasteiger partial charge on any atom is 0.136 e. The summed E-state index contributed by atoms with van der Waals surface area (Å²) in [4.78, 5) is 22.5. The predicted octanol–water partition coefficient (Wildman–Crippen LogP) is 3.14. The van der Waals surface area contributed by atoms with Crippen LogP contribution >= 0.6 is 0 Å². The molecule has 0 aromatic rings. The van der Waals surface area contributed by atoms with Crippen molar-refractivity contribution in [2.45, 2.75) is 58.8 Å². The van der Waals surface area contributed by atoms with Crippen molar-refractivity contribution in [3.63, 3.8) is 0 Å². The molecule has 86 valence electrons. The molecular weight excluding hydrogens is 188 g/mol. The fourth-order valence-corrected chi connectivity index (χ4v) is 2.53. The zero-order chi connectivity index (χ0) is 11.3. The topological polar surface area (TPSA) is 34.1 Å². The van der Waals surface area contributed by atoms with Crippen molar-refractivity contribution in [3.8, 4) is 0 Å². The van der Waals surface area contributed by atoms with Crippen molar-refractivity contribution < 1.29 is 9.59 Å². The van der Waals surface area contributed by atoms with Gasteiger partial charge in [-0.15, -0.1) is 0 Å². The Kier molecular flexibility index (Phi) is 5.00. The summed E-state index contributed by atoms with van der Waals surface area (Å²) in [6.45, 7) is 3.80. The first-order valence-electron chi connectivity index (χ1n) is 6.15. The van der Waals surface area contributed by atoms with Crippen LogP contribution in [-0.2, 0) is 9.59 Å². The number of ketones is 2. The van der Waals surface area contributed by atoms with Gasteiger partial charge in [0.25, 0.3) is 0 Å². The summed E-state index contributed by atoms with van der Waals surface area (Å²) in [6, 6.07) is 0. The number of carbonyl (C=O) groups is 2. The lowest BCUT2D eigenvalue weighted by Crippen LogP contribution is -2.25.